The SMILES string of the molecule is [2H]C([2H])([2H])n1[cH+]n(-c2cccc(N(c3ccccc3)c3ccc4c5ccccc5n(-c5cc(-c6c(C)cccc6C)ccn5)c4c3)c2)c2ccccc21. The number of imidazole rings is 1. The van der Waals surface area contributed by atoms with Crippen molar-refractivity contribution >= 4 is 49.9 Å². The molecule has 0 aliphatic carbocycles. The van der Waals surface area contributed by atoms with Crippen LogP contribution in [0, 0.1) is 13.8 Å². The van der Waals surface area contributed by atoms with Crippen molar-refractivity contribution in [3.05, 3.63) is 175 Å². The summed E-state index contributed by atoms with van der Waals surface area (Å²) in [4.78, 5) is 7.20. The van der Waals surface area contributed by atoms with Crippen molar-refractivity contribution in [3.63, 3.8) is 0 Å². The smallest absolute Gasteiger partial charge is 0.191 e. The first kappa shape index (κ1) is 26.5. The van der Waals surface area contributed by atoms with E-state index in [0.29, 0.717) is 5.52 Å². The molecule has 3 heterocycles. The molecular weight excluding hydrogens is 611 g/mol. The number of benzene rings is 6. The molecule has 0 radical (unpaired) electrons. The third-order valence-corrected chi connectivity index (χ3v) is 9.67. The van der Waals surface area contributed by atoms with Crippen molar-refractivity contribution in [2.45, 2.75) is 13.8 Å². The van der Waals surface area contributed by atoms with Gasteiger partial charge in [-0.2, -0.15) is 4.57 Å². The minimum absolute atomic E-state index is 0.645. The standard InChI is InChI=1S/C45H36N5/c1-31-13-11-14-32(2)45(31)33-25-26-46-44(27-33)50-40-20-8-7-19-38(40)39-24-23-37(29-43(39)50)49(34-15-5-4-6-16-34)36-18-12-17-35(28-36)48-30-47(3)41-21-9-10-22-42(41)48/h4-30H,1-3H3/q+1/i3D3. The first-order valence-corrected chi connectivity index (χ1v) is 16.8. The molecule has 240 valence electrons. The molecule has 0 bridgehead atoms. The second-order valence-corrected chi connectivity index (χ2v) is 12.8. The summed E-state index contributed by atoms with van der Waals surface area (Å²) >= 11 is 0. The highest BCUT2D eigenvalue weighted by atomic mass is 15.2. The summed E-state index contributed by atoms with van der Waals surface area (Å²) in [5.41, 5.74) is 12.2. The maximum Gasteiger partial charge on any atom is 0.191 e. The van der Waals surface area contributed by atoms with E-state index in [9.17, 15) is 0 Å². The van der Waals surface area contributed by atoms with Crippen molar-refractivity contribution in [2.24, 2.45) is 6.98 Å². The molecule has 0 saturated carbocycles. The molecular formula is C45H36N5+. The first-order valence-electron chi connectivity index (χ1n) is 18.3. The molecule has 0 N–H and O–H groups in total. The van der Waals surface area contributed by atoms with Crippen LogP contribution in [-0.2, 0) is 6.98 Å². The number of hydrogen-bond donors (Lipinski definition) is 0. The summed E-state index contributed by atoms with van der Waals surface area (Å²) in [6.45, 7) is 2.00. The van der Waals surface area contributed by atoms with Crippen molar-refractivity contribution in [1.82, 2.24) is 18.7 Å². The number of aromatic nitrogens is 4. The van der Waals surface area contributed by atoms with Crippen LogP contribution < -0.4 is 4.90 Å². The van der Waals surface area contributed by atoms with E-state index in [1.165, 1.54) is 21.3 Å². The molecule has 0 unspecified atom stereocenters. The van der Waals surface area contributed by atoms with Crippen molar-refractivity contribution in [2.75, 3.05) is 4.90 Å². The minimum atomic E-state index is -2.32. The van der Waals surface area contributed by atoms with E-state index in [1.807, 2.05) is 65.4 Å². The Bertz CT molecular complexity index is 2790. The Kier molecular flexibility index (Phi) is 6.30. The van der Waals surface area contributed by atoms with Gasteiger partial charge in [0.1, 0.15) is 11.5 Å². The van der Waals surface area contributed by atoms with Crippen LogP contribution in [0.5, 0.6) is 0 Å². The van der Waals surface area contributed by atoms with Crippen LogP contribution >= 0.6 is 0 Å². The van der Waals surface area contributed by atoms with Gasteiger partial charge in [0.2, 0.25) is 0 Å². The zero-order valence-corrected chi connectivity index (χ0v) is 27.8. The average Bonchev–Trinajstić information content (AvgIpc) is 3.72. The fourth-order valence-corrected chi connectivity index (χ4v) is 7.43. The third-order valence-electron chi connectivity index (χ3n) is 9.67. The number of nitrogens with zero attached hydrogens (tertiary/aromatic N) is 5. The van der Waals surface area contributed by atoms with E-state index in [4.69, 9.17) is 9.10 Å². The molecule has 0 atom stereocenters. The summed E-state index contributed by atoms with van der Waals surface area (Å²) in [7, 11) is 0. The highest BCUT2D eigenvalue weighted by Crippen LogP contribution is 2.40. The fraction of sp³-hybridized carbons (Fsp3) is 0.0667. The summed E-state index contributed by atoms with van der Waals surface area (Å²) in [5.74, 6) is 0.851. The Morgan fingerprint density at radius 3 is 2.08 bits per heavy atom. The molecule has 9 rings (SSSR count). The molecule has 0 fully saturated rings. The van der Waals surface area contributed by atoms with Gasteiger partial charge in [0.05, 0.1) is 16.7 Å². The van der Waals surface area contributed by atoms with Crippen LogP contribution in [0.25, 0.3) is 55.5 Å². The predicted molar refractivity (Wildman–Crippen MR) is 208 cm³/mol. The molecule has 0 saturated heterocycles. The molecule has 3 aromatic heterocycles. The Morgan fingerprint density at radius 2 is 1.26 bits per heavy atom. The van der Waals surface area contributed by atoms with Gasteiger partial charge in [-0.1, -0.05) is 60.7 Å². The van der Waals surface area contributed by atoms with Crippen LogP contribution in [0.3, 0.4) is 0 Å². The maximum absolute atomic E-state index is 8.19. The molecule has 9 aromatic rings. The van der Waals surface area contributed by atoms with Gasteiger partial charge in [0.25, 0.3) is 0 Å². The lowest BCUT2D eigenvalue weighted by atomic mass is 9.96. The van der Waals surface area contributed by atoms with E-state index in [1.54, 1.807) is 6.33 Å². The molecule has 0 amide bonds. The van der Waals surface area contributed by atoms with E-state index in [-0.39, 0.29) is 0 Å². The summed E-state index contributed by atoms with van der Waals surface area (Å²) in [6.07, 6.45) is 3.58. The molecule has 0 aliphatic rings. The zero-order chi connectivity index (χ0) is 36.3. The van der Waals surface area contributed by atoms with Gasteiger partial charge < -0.3 is 4.90 Å². The highest BCUT2D eigenvalue weighted by molar-refractivity contribution is 6.10. The van der Waals surface area contributed by atoms with E-state index in [0.717, 1.165) is 61.5 Å². The number of fused-ring (bicyclic) bond motifs is 4. The Morgan fingerprint density at radius 1 is 0.580 bits per heavy atom. The monoisotopic (exact) mass is 649 g/mol. The lowest BCUT2D eigenvalue weighted by Crippen LogP contribution is -2.10. The molecule has 50 heavy (non-hydrogen) atoms. The van der Waals surface area contributed by atoms with E-state index >= 15 is 0 Å². The number of pyridine rings is 1. The molecule has 6 aromatic carbocycles. The van der Waals surface area contributed by atoms with Crippen molar-refractivity contribution in [3.8, 4) is 22.6 Å². The number of rotatable bonds is 6. The van der Waals surface area contributed by atoms with Crippen LogP contribution in [0.2, 0.25) is 0 Å². The first-order chi connectivity index (χ1) is 25.8. The van der Waals surface area contributed by atoms with E-state index in [2.05, 4.69) is 120 Å². The summed E-state index contributed by atoms with van der Waals surface area (Å²) < 4.78 is 30.2. The fourth-order valence-electron chi connectivity index (χ4n) is 7.43. The molecule has 0 spiro atoms. The summed E-state index contributed by atoms with van der Waals surface area (Å²) in [5, 5.41) is 2.29. The second-order valence-electron chi connectivity index (χ2n) is 12.8. The van der Waals surface area contributed by atoms with E-state index < -0.39 is 6.98 Å². The molecule has 5 heteroatoms. The normalized spacial score (nSPS) is 12.6. The number of anilines is 3. The Hall–Kier alpha value is -6.46. The number of aryl methyl sites for hydroxylation is 3. The molecule has 5 nitrogen and oxygen atoms in total. The van der Waals surface area contributed by atoms with Crippen LogP contribution in [0.1, 0.15) is 15.2 Å². The number of para-hydroxylation sites is 4. The third kappa shape index (κ3) is 4.86. The Balaban J connectivity index is 1.24. The Labute approximate surface area is 295 Å². The second kappa shape index (κ2) is 11.9. The largest absolute Gasteiger partial charge is 0.309 e. The number of hydrogen-bond acceptors (Lipinski definition) is 2. The quantitative estimate of drug-likeness (QED) is 0.168. The van der Waals surface area contributed by atoms with Gasteiger partial charge in [-0.25, -0.2) is 9.55 Å². The van der Waals surface area contributed by atoms with Gasteiger partial charge in [0, 0.05) is 63.7 Å². The zero-order valence-electron chi connectivity index (χ0n) is 30.8. The minimum Gasteiger partial charge on any atom is -0.309 e. The van der Waals surface area contributed by atoms with Crippen LogP contribution in [0.15, 0.2) is 164 Å². The topological polar surface area (TPSA) is 30.9 Å². The van der Waals surface area contributed by atoms with Gasteiger partial charge >= 0.3 is 0 Å². The van der Waals surface area contributed by atoms with Crippen LogP contribution in [0.4, 0.5) is 17.1 Å². The molecule has 0 aliphatic heterocycles. The predicted octanol–water partition coefficient (Wildman–Crippen LogP) is 11.5. The maximum atomic E-state index is 8.19. The highest BCUT2D eigenvalue weighted by Gasteiger charge is 2.21. The van der Waals surface area contributed by atoms with Gasteiger partial charge in [-0.05, 0) is 103 Å². The van der Waals surface area contributed by atoms with Gasteiger partial charge in [-0.15, -0.1) is 0 Å². The van der Waals surface area contributed by atoms with Crippen molar-refractivity contribution < 1.29 is 4.11 Å². The lowest BCUT2D eigenvalue weighted by Gasteiger charge is -2.25. The average molecular weight is 650 g/mol. The summed E-state index contributed by atoms with van der Waals surface area (Å²) in [6, 6.07) is 52.0. The van der Waals surface area contributed by atoms with Crippen molar-refractivity contribution in [1.29, 1.82) is 0 Å². The van der Waals surface area contributed by atoms with Gasteiger partial charge in [-0.3, -0.25) is 4.57 Å². The van der Waals surface area contributed by atoms with Crippen LogP contribution in [-0.4, -0.2) is 18.7 Å². The lowest BCUT2D eigenvalue weighted by molar-refractivity contribution is 0.911. The van der Waals surface area contributed by atoms with Gasteiger partial charge in [0.15, 0.2) is 17.4 Å².